The van der Waals surface area contributed by atoms with Gasteiger partial charge < -0.3 is 10.6 Å². The number of alkyl halides is 3. The van der Waals surface area contributed by atoms with Crippen molar-refractivity contribution in [3.63, 3.8) is 0 Å². The van der Waals surface area contributed by atoms with Crippen molar-refractivity contribution in [1.29, 1.82) is 0 Å². The molecular weight excluding hydrogens is 349 g/mol. The molecule has 1 aromatic rings. The summed E-state index contributed by atoms with van der Waals surface area (Å²) in [5.41, 5.74) is -3.86. The Hall–Kier alpha value is -0.920. The highest BCUT2D eigenvalue weighted by atomic mass is 35.5. The second kappa shape index (κ2) is 8.26. The third kappa shape index (κ3) is 6.61. The smallest absolute Gasteiger partial charge is 0.351 e. The number of thioether (sulfide) groups is 1. The van der Waals surface area contributed by atoms with Gasteiger partial charge in [0.1, 0.15) is 0 Å². The van der Waals surface area contributed by atoms with E-state index < -0.39 is 5.51 Å². The minimum Gasteiger partial charge on any atom is -0.351 e. The third-order valence-electron chi connectivity index (χ3n) is 3.84. The van der Waals surface area contributed by atoms with E-state index in [1.165, 1.54) is 24.3 Å². The molecule has 0 aliphatic carbocycles. The molecule has 0 atom stereocenters. The van der Waals surface area contributed by atoms with Gasteiger partial charge in [0, 0.05) is 17.0 Å². The lowest BCUT2D eigenvalue weighted by Gasteiger charge is -2.34. The first-order valence-electron chi connectivity index (χ1n) is 7.12. The molecule has 0 radical (unpaired) electrons. The zero-order chi connectivity index (χ0) is 16.2. The van der Waals surface area contributed by atoms with Crippen LogP contribution in [0.5, 0.6) is 0 Å². The van der Waals surface area contributed by atoms with Crippen molar-refractivity contribution in [2.45, 2.75) is 30.2 Å². The van der Waals surface area contributed by atoms with E-state index in [0.29, 0.717) is 12.1 Å². The Kier molecular flexibility index (Phi) is 7.23. The SMILES string of the molecule is CC1(CNC(=O)c2ccc(SC(F)(F)F)cc2)CCNCC1.Cl. The monoisotopic (exact) mass is 368 g/mol. The molecule has 2 rings (SSSR count). The van der Waals surface area contributed by atoms with Gasteiger partial charge in [-0.25, -0.2) is 0 Å². The van der Waals surface area contributed by atoms with Crippen LogP contribution in [0.15, 0.2) is 29.2 Å². The molecule has 2 N–H and O–H groups in total. The van der Waals surface area contributed by atoms with Crippen molar-refractivity contribution in [2.75, 3.05) is 19.6 Å². The fourth-order valence-electron chi connectivity index (χ4n) is 2.41. The Labute approximate surface area is 144 Å². The van der Waals surface area contributed by atoms with Crippen LogP contribution in [-0.4, -0.2) is 31.0 Å². The highest BCUT2D eigenvalue weighted by Crippen LogP contribution is 2.36. The lowest BCUT2D eigenvalue weighted by atomic mass is 9.81. The van der Waals surface area contributed by atoms with Gasteiger partial charge in [0.15, 0.2) is 0 Å². The van der Waals surface area contributed by atoms with Crippen molar-refractivity contribution < 1.29 is 18.0 Å². The van der Waals surface area contributed by atoms with Crippen LogP contribution in [0.25, 0.3) is 0 Å². The number of hydrogen-bond donors (Lipinski definition) is 2. The summed E-state index contributed by atoms with van der Waals surface area (Å²) in [4.78, 5) is 12.1. The number of carbonyl (C=O) groups excluding carboxylic acids is 1. The van der Waals surface area contributed by atoms with Gasteiger partial charge in [-0.2, -0.15) is 13.2 Å². The standard InChI is InChI=1S/C15H19F3N2OS.ClH/c1-14(6-8-19-9-7-14)10-20-13(21)11-2-4-12(5-3-11)22-15(16,17)18;/h2-5,19H,6-10H2,1H3,(H,20,21);1H. The normalized spacial score (nSPS) is 17.2. The molecule has 3 nitrogen and oxygen atoms in total. The molecule has 130 valence electrons. The average molecular weight is 369 g/mol. The molecule has 1 fully saturated rings. The first-order valence-corrected chi connectivity index (χ1v) is 7.94. The van der Waals surface area contributed by atoms with Crippen LogP contribution in [0.3, 0.4) is 0 Å². The Morgan fingerprint density at radius 3 is 2.35 bits per heavy atom. The molecule has 8 heteroatoms. The van der Waals surface area contributed by atoms with E-state index in [1.54, 1.807) is 0 Å². The molecule has 1 aliphatic heterocycles. The number of benzene rings is 1. The number of amides is 1. The van der Waals surface area contributed by atoms with Crippen LogP contribution >= 0.6 is 24.2 Å². The van der Waals surface area contributed by atoms with Crippen LogP contribution in [-0.2, 0) is 0 Å². The van der Waals surface area contributed by atoms with E-state index in [-0.39, 0.29) is 40.4 Å². The average Bonchev–Trinajstić information content (AvgIpc) is 2.45. The van der Waals surface area contributed by atoms with Crippen LogP contribution in [0.4, 0.5) is 13.2 Å². The van der Waals surface area contributed by atoms with Crippen LogP contribution in [0.2, 0.25) is 0 Å². The number of nitrogens with one attached hydrogen (secondary N) is 2. The number of hydrogen-bond acceptors (Lipinski definition) is 3. The van der Waals surface area contributed by atoms with E-state index in [4.69, 9.17) is 0 Å². The first kappa shape index (κ1) is 20.1. The van der Waals surface area contributed by atoms with E-state index in [1.807, 2.05) is 0 Å². The third-order valence-corrected chi connectivity index (χ3v) is 4.58. The van der Waals surface area contributed by atoms with Gasteiger partial charge >= 0.3 is 5.51 Å². The number of halogens is 4. The van der Waals surface area contributed by atoms with E-state index in [9.17, 15) is 18.0 Å². The highest BCUT2D eigenvalue weighted by molar-refractivity contribution is 8.00. The van der Waals surface area contributed by atoms with Gasteiger partial charge in [-0.05, 0) is 67.4 Å². The van der Waals surface area contributed by atoms with E-state index in [0.717, 1.165) is 25.9 Å². The van der Waals surface area contributed by atoms with E-state index in [2.05, 4.69) is 17.6 Å². The molecule has 23 heavy (non-hydrogen) atoms. The number of carbonyl (C=O) groups is 1. The van der Waals surface area contributed by atoms with E-state index >= 15 is 0 Å². The maximum absolute atomic E-state index is 12.2. The summed E-state index contributed by atoms with van der Waals surface area (Å²) in [6.45, 7) is 4.59. The predicted octanol–water partition coefficient (Wildman–Crippen LogP) is 3.84. The topological polar surface area (TPSA) is 41.1 Å². The molecule has 0 bridgehead atoms. The second-order valence-corrected chi connectivity index (χ2v) is 6.95. The molecule has 1 heterocycles. The van der Waals surface area contributed by atoms with Crippen LogP contribution in [0, 0.1) is 5.41 Å². The summed E-state index contributed by atoms with van der Waals surface area (Å²) in [6.07, 6.45) is 1.99. The molecule has 1 aliphatic rings. The Morgan fingerprint density at radius 1 is 1.26 bits per heavy atom. The van der Waals surface area contributed by atoms with Gasteiger partial charge in [0.2, 0.25) is 0 Å². The quantitative estimate of drug-likeness (QED) is 0.793. The predicted molar refractivity (Wildman–Crippen MR) is 88.1 cm³/mol. The van der Waals surface area contributed by atoms with Crippen LogP contribution < -0.4 is 10.6 Å². The summed E-state index contributed by atoms with van der Waals surface area (Å²) < 4.78 is 36.7. The lowest BCUT2D eigenvalue weighted by Crippen LogP contribution is -2.42. The zero-order valence-electron chi connectivity index (χ0n) is 12.7. The Bertz CT molecular complexity index is 516. The van der Waals surface area contributed by atoms with Gasteiger partial charge in [-0.15, -0.1) is 12.4 Å². The van der Waals surface area contributed by atoms with Gasteiger partial charge in [-0.1, -0.05) is 6.92 Å². The maximum atomic E-state index is 12.2. The molecule has 0 spiro atoms. The summed E-state index contributed by atoms with van der Waals surface area (Å²) >= 11 is -0.182. The molecule has 0 saturated carbocycles. The van der Waals surface area contributed by atoms with Gasteiger partial charge in [0.25, 0.3) is 5.91 Å². The molecule has 1 aromatic carbocycles. The van der Waals surface area contributed by atoms with Crippen LogP contribution in [0.1, 0.15) is 30.1 Å². The minimum absolute atomic E-state index is 0. The fraction of sp³-hybridized carbons (Fsp3) is 0.533. The second-order valence-electron chi connectivity index (χ2n) is 5.82. The summed E-state index contributed by atoms with van der Waals surface area (Å²) in [6, 6.07) is 5.49. The summed E-state index contributed by atoms with van der Waals surface area (Å²) in [7, 11) is 0. The highest BCUT2D eigenvalue weighted by Gasteiger charge is 2.29. The lowest BCUT2D eigenvalue weighted by molar-refractivity contribution is -0.0328. The van der Waals surface area contributed by atoms with Gasteiger partial charge in [-0.3, -0.25) is 4.79 Å². The Balaban J connectivity index is 0.00000264. The molecule has 1 amide bonds. The largest absolute Gasteiger partial charge is 0.446 e. The van der Waals surface area contributed by atoms with Crippen molar-refractivity contribution >= 4 is 30.1 Å². The van der Waals surface area contributed by atoms with Crippen molar-refractivity contribution in [1.82, 2.24) is 10.6 Å². The number of rotatable bonds is 4. The van der Waals surface area contributed by atoms with Gasteiger partial charge in [0.05, 0.1) is 0 Å². The zero-order valence-corrected chi connectivity index (χ0v) is 14.3. The molecule has 1 saturated heterocycles. The first-order chi connectivity index (χ1) is 10.3. The molecule has 0 aromatic heterocycles. The van der Waals surface area contributed by atoms with Crippen molar-refractivity contribution in [3.8, 4) is 0 Å². The summed E-state index contributed by atoms with van der Waals surface area (Å²) in [5.74, 6) is -0.247. The summed E-state index contributed by atoms with van der Waals surface area (Å²) in [5, 5.41) is 6.16. The molecule has 0 unspecified atom stereocenters. The van der Waals surface area contributed by atoms with Crippen molar-refractivity contribution in [2.24, 2.45) is 5.41 Å². The fourth-order valence-corrected chi connectivity index (χ4v) is 2.95. The molecular formula is C15H20ClF3N2OS. The maximum Gasteiger partial charge on any atom is 0.446 e. The Morgan fingerprint density at radius 2 is 1.83 bits per heavy atom. The minimum atomic E-state index is -4.31. The number of piperidine rings is 1. The van der Waals surface area contributed by atoms with Crippen molar-refractivity contribution in [3.05, 3.63) is 29.8 Å².